The second-order valence-corrected chi connectivity index (χ2v) is 5.34. The Balaban J connectivity index is 2.29. The second kappa shape index (κ2) is 4.89. The summed E-state index contributed by atoms with van der Waals surface area (Å²) in [4.78, 5) is 4.44. The van der Waals surface area contributed by atoms with Crippen molar-refractivity contribution in [2.24, 2.45) is 10.4 Å². The molecular weight excluding hydrogens is 180 g/mol. The average molecular weight is 200 g/mol. The summed E-state index contributed by atoms with van der Waals surface area (Å²) in [5.41, 5.74) is 0.389. The van der Waals surface area contributed by atoms with Gasteiger partial charge in [0.2, 0.25) is 0 Å². The molecule has 0 aliphatic carbocycles. The van der Waals surface area contributed by atoms with Gasteiger partial charge in [-0.2, -0.15) is 0 Å². The molecular formula is C10H20N2S. The van der Waals surface area contributed by atoms with Crippen LogP contribution in [0.15, 0.2) is 4.99 Å². The van der Waals surface area contributed by atoms with Crippen molar-refractivity contribution in [3.05, 3.63) is 0 Å². The van der Waals surface area contributed by atoms with Crippen molar-refractivity contribution in [2.75, 3.05) is 18.8 Å². The summed E-state index contributed by atoms with van der Waals surface area (Å²) >= 11 is 1.85. The summed E-state index contributed by atoms with van der Waals surface area (Å²) < 4.78 is 0. The van der Waals surface area contributed by atoms with Crippen LogP contribution < -0.4 is 5.32 Å². The Labute approximate surface area is 85.6 Å². The fraction of sp³-hybridized carbons (Fsp3) is 0.900. The molecule has 1 aliphatic rings. The molecule has 0 bridgehead atoms. The summed E-state index contributed by atoms with van der Waals surface area (Å²) in [6.07, 6.45) is 2.44. The zero-order valence-corrected chi connectivity index (χ0v) is 9.71. The number of hydrogen-bond donors (Lipinski definition) is 1. The molecule has 1 N–H and O–H groups in total. The minimum absolute atomic E-state index is 0.389. The summed E-state index contributed by atoms with van der Waals surface area (Å²) in [5.74, 6) is 1.22. The number of rotatable bonds is 3. The van der Waals surface area contributed by atoms with Gasteiger partial charge < -0.3 is 5.32 Å². The van der Waals surface area contributed by atoms with Crippen LogP contribution in [0.3, 0.4) is 0 Å². The third-order valence-corrected chi connectivity index (χ3v) is 3.51. The highest BCUT2D eigenvalue weighted by atomic mass is 32.2. The first kappa shape index (κ1) is 10.9. The third kappa shape index (κ3) is 4.03. The normalized spacial score (nSPS) is 18.2. The molecule has 0 saturated heterocycles. The molecule has 0 amide bonds. The van der Waals surface area contributed by atoms with E-state index in [0.29, 0.717) is 5.41 Å². The maximum atomic E-state index is 4.44. The first-order valence-electron chi connectivity index (χ1n) is 5.05. The van der Waals surface area contributed by atoms with Gasteiger partial charge in [0, 0.05) is 18.8 Å². The lowest BCUT2D eigenvalue weighted by Crippen LogP contribution is -2.33. The molecule has 0 saturated carbocycles. The number of nitrogens with one attached hydrogen (secondary N) is 1. The van der Waals surface area contributed by atoms with E-state index < -0.39 is 0 Å². The van der Waals surface area contributed by atoms with E-state index in [-0.39, 0.29) is 0 Å². The molecule has 0 unspecified atom stereocenters. The van der Waals surface area contributed by atoms with Crippen LogP contribution in [0, 0.1) is 5.41 Å². The molecule has 13 heavy (non-hydrogen) atoms. The smallest absolute Gasteiger partial charge is 0.156 e. The fourth-order valence-electron chi connectivity index (χ4n) is 1.01. The van der Waals surface area contributed by atoms with E-state index in [2.05, 4.69) is 31.1 Å². The Morgan fingerprint density at radius 3 is 2.85 bits per heavy atom. The topological polar surface area (TPSA) is 24.4 Å². The van der Waals surface area contributed by atoms with Gasteiger partial charge in [0.15, 0.2) is 5.17 Å². The highest BCUT2D eigenvalue weighted by Crippen LogP contribution is 2.19. The van der Waals surface area contributed by atoms with E-state index in [4.69, 9.17) is 0 Å². The molecule has 0 aromatic carbocycles. The monoisotopic (exact) mass is 200 g/mol. The van der Waals surface area contributed by atoms with E-state index in [0.717, 1.165) is 18.3 Å². The van der Waals surface area contributed by atoms with Crippen molar-refractivity contribution in [2.45, 2.75) is 33.6 Å². The Hall–Kier alpha value is -0.180. The van der Waals surface area contributed by atoms with Crippen LogP contribution in [0.25, 0.3) is 0 Å². The molecule has 1 heterocycles. The van der Waals surface area contributed by atoms with Crippen molar-refractivity contribution >= 4 is 16.9 Å². The van der Waals surface area contributed by atoms with Crippen molar-refractivity contribution in [1.82, 2.24) is 5.32 Å². The van der Waals surface area contributed by atoms with Gasteiger partial charge in [-0.05, 0) is 18.3 Å². The zero-order valence-electron chi connectivity index (χ0n) is 8.89. The summed E-state index contributed by atoms with van der Waals surface area (Å²) in [6.45, 7) is 8.84. The molecule has 1 rings (SSSR count). The molecule has 0 fully saturated rings. The van der Waals surface area contributed by atoms with Crippen molar-refractivity contribution in [1.29, 1.82) is 0 Å². The molecule has 0 atom stereocenters. The minimum atomic E-state index is 0.389. The van der Waals surface area contributed by atoms with E-state index in [1.54, 1.807) is 0 Å². The van der Waals surface area contributed by atoms with Crippen LogP contribution >= 0.6 is 11.8 Å². The van der Waals surface area contributed by atoms with Crippen molar-refractivity contribution in [3.63, 3.8) is 0 Å². The van der Waals surface area contributed by atoms with Gasteiger partial charge in [0.1, 0.15) is 0 Å². The quantitative estimate of drug-likeness (QED) is 0.757. The maximum Gasteiger partial charge on any atom is 0.156 e. The van der Waals surface area contributed by atoms with Gasteiger partial charge in [-0.15, -0.1) is 0 Å². The Kier molecular flexibility index (Phi) is 4.10. The molecule has 0 spiro atoms. The van der Waals surface area contributed by atoms with Crippen LogP contribution in [-0.2, 0) is 0 Å². The van der Waals surface area contributed by atoms with Gasteiger partial charge in [0.05, 0.1) is 0 Å². The summed E-state index contributed by atoms with van der Waals surface area (Å²) in [7, 11) is 0. The highest BCUT2D eigenvalue weighted by molar-refractivity contribution is 8.13. The standard InChI is InChI=1S/C10H20N2S/c1-4-10(2,3)8-12-9-11-6-5-7-13-9/h4-8H2,1-3H3,(H,11,12). The van der Waals surface area contributed by atoms with Gasteiger partial charge in [0.25, 0.3) is 0 Å². The molecule has 2 nitrogen and oxygen atoms in total. The van der Waals surface area contributed by atoms with E-state index in [1.165, 1.54) is 18.6 Å². The number of hydrogen-bond acceptors (Lipinski definition) is 3. The van der Waals surface area contributed by atoms with Gasteiger partial charge in [-0.25, -0.2) is 0 Å². The van der Waals surface area contributed by atoms with E-state index in [9.17, 15) is 0 Å². The summed E-state index contributed by atoms with van der Waals surface area (Å²) in [5, 5.41) is 4.57. The first-order chi connectivity index (χ1) is 6.14. The second-order valence-electron chi connectivity index (χ2n) is 4.26. The highest BCUT2D eigenvalue weighted by Gasteiger charge is 2.16. The Bertz CT molecular complexity index is 187. The lowest BCUT2D eigenvalue weighted by molar-refractivity contribution is 0.350. The third-order valence-electron chi connectivity index (χ3n) is 2.47. The molecule has 3 heteroatoms. The first-order valence-corrected chi connectivity index (χ1v) is 6.04. The predicted octanol–water partition coefficient (Wildman–Crippen LogP) is 2.51. The Morgan fingerprint density at radius 2 is 2.31 bits per heavy atom. The fourth-order valence-corrected chi connectivity index (χ4v) is 1.83. The molecule has 0 aromatic heterocycles. The molecule has 0 radical (unpaired) electrons. The average Bonchev–Trinajstić information content (AvgIpc) is 2.17. The van der Waals surface area contributed by atoms with Crippen molar-refractivity contribution < 1.29 is 0 Å². The largest absolute Gasteiger partial charge is 0.364 e. The zero-order chi connectivity index (χ0) is 9.73. The lowest BCUT2D eigenvalue weighted by atomic mass is 9.90. The molecule has 0 aromatic rings. The predicted molar refractivity (Wildman–Crippen MR) is 61.5 cm³/mol. The minimum Gasteiger partial charge on any atom is -0.364 e. The van der Waals surface area contributed by atoms with Crippen LogP contribution in [0.5, 0.6) is 0 Å². The van der Waals surface area contributed by atoms with Gasteiger partial charge in [-0.3, -0.25) is 4.99 Å². The lowest BCUT2D eigenvalue weighted by Gasteiger charge is -2.24. The Morgan fingerprint density at radius 1 is 1.54 bits per heavy atom. The summed E-state index contributed by atoms with van der Waals surface area (Å²) in [6, 6.07) is 0. The van der Waals surface area contributed by atoms with Crippen LogP contribution in [0.1, 0.15) is 33.6 Å². The van der Waals surface area contributed by atoms with Gasteiger partial charge >= 0.3 is 0 Å². The van der Waals surface area contributed by atoms with Crippen molar-refractivity contribution in [3.8, 4) is 0 Å². The molecule has 1 aliphatic heterocycles. The maximum absolute atomic E-state index is 4.44. The van der Waals surface area contributed by atoms with Gasteiger partial charge in [-0.1, -0.05) is 32.5 Å². The number of nitrogens with zero attached hydrogens (tertiary/aromatic N) is 1. The van der Waals surface area contributed by atoms with Crippen LogP contribution in [0.2, 0.25) is 0 Å². The SMILES string of the molecule is CCC(C)(C)CNC1=NCCCS1. The van der Waals surface area contributed by atoms with Crippen LogP contribution in [-0.4, -0.2) is 24.0 Å². The van der Waals surface area contributed by atoms with E-state index >= 15 is 0 Å². The van der Waals surface area contributed by atoms with E-state index in [1.807, 2.05) is 11.8 Å². The number of thioether (sulfide) groups is 1. The molecule has 76 valence electrons. The number of aliphatic imine (C=N–C) groups is 1. The number of amidine groups is 1. The van der Waals surface area contributed by atoms with Crippen LogP contribution in [0.4, 0.5) is 0 Å².